The zero-order chi connectivity index (χ0) is 22.5. The summed E-state index contributed by atoms with van der Waals surface area (Å²) in [6.45, 7) is 1.47. The largest absolute Gasteiger partial charge is 0.394 e. The molecule has 180 valence electrons. The lowest BCUT2D eigenvalue weighted by Crippen LogP contribution is -2.68. The summed E-state index contributed by atoms with van der Waals surface area (Å²) in [5.41, 5.74) is 0. The number of nitrogens with one attached hydrogen (secondary N) is 1. The van der Waals surface area contributed by atoms with Crippen molar-refractivity contribution in [1.29, 1.82) is 0 Å². The van der Waals surface area contributed by atoms with E-state index in [9.17, 15) is 30.3 Å². The number of carbonyl (C=O) groups excluding carboxylic acids is 1. The number of hydrogen-bond donors (Lipinski definition) is 6. The Morgan fingerprint density at radius 2 is 1.74 bits per heavy atom. The first-order valence-corrected chi connectivity index (χ1v) is 10.9. The Hall–Kier alpha value is -0.890. The molecule has 1 amide bonds. The number of aliphatic hydroxyl groups is 5. The van der Waals surface area contributed by atoms with Crippen LogP contribution in [0.5, 0.6) is 0 Å². The third kappa shape index (κ3) is 5.55. The van der Waals surface area contributed by atoms with Crippen LogP contribution in [-0.2, 0) is 23.7 Å². The molecule has 6 aliphatic rings. The molecular weight excluding hydrogens is 414 g/mol. The molecule has 6 fully saturated rings. The summed E-state index contributed by atoms with van der Waals surface area (Å²) in [5, 5.41) is 54.9. The minimum atomic E-state index is -1.42. The van der Waals surface area contributed by atoms with Gasteiger partial charge >= 0.3 is 0 Å². The van der Waals surface area contributed by atoms with Crippen LogP contribution in [0.25, 0.3) is 0 Å². The van der Waals surface area contributed by atoms with Crippen molar-refractivity contribution in [1.82, 2.24) is 5.32 Å². The van der Waals surface area contributed by atoms with Gasteiger partial charge in [0.1, 0.15) is 30.5 Å². The van der Waals surface area contributed by atoms with Crippen molar-refractivity contribution in [2.24, 2.45) is 5.92 Å². The van der Waals surface area contributed by atoms with Gasteiger partial charge in [-0.3, -0.25) is 4.79 Å². The molecule has 0 aromatic rings. The average Bonchev–Trinajstić information content (AvgIpc) is 2.74. The standard InChI is InChI=1S/C20H35NO10/c1-10(24)21-5-3-7-29-18-11-4-2-6-28-19-13(9-23)31-20(17(27)16(19)26)14(15(18)25)12(8-22)30-11/h11-20,22-23,25-27H,2-9H2,1H3,(H,21,24)/t11-,12-,13-,14-,15+,16-,17-,18+,19-,20?/m1/s1. The van der Waals surface area contributed by atoms with Crippen LogP contribution < -0.4 is 5.32 Å². The van der Waals surface area contributed by atoms with Gasteiger partial charge in [0.05, 0.1) is 37.6 Å². The van der Waals surface area contributed by atoms with Crippen LogP contribution in [0.15, 0.2) is 0 Å². The molecule has 4 bridgehead atoms. The average molecular weight is 449 g/mol. The zero-order valence-electron chi connectivity index (χ0n) is 17.7. The van der Waals surface area contributed by atoms with Crippen LogP contribution in [0.4, 0.5) is 0 Å². The van der Waals surface area contributed by atoms with E-state index in [4.69, 9.17) is 18.9 Å². The number of aliphatic hydroxyl groups excluding tert-OH is 5. The molecule has 11 heteroatoms. The molecule has 0 radical (unpaired) electrons. The third-order valence-electron chi connectivity index (χ3n) is 6.29. The van der Waals surface area contributed by atoms with Crippen molar-refractivity contribution in [3.8, 4) is 0 Å². The van der Waals surface area contributed by atoms with Crippen molar-refractivity contribution in [2.45, 2.75) is 81.1 Å². The van der Waals surface area contributed by atoms with Crippen molar-refractivity contribution in [3.63, 3.8) is 0 Å². The maximum Gasteiger partial charge on any atom is 0.216 e. The van der Waals surface area contributed by atoms with Crippen LogP contribution in [0.3, 0.4) is 0 Å². The predicted molar refractivity (Wildman–Crippen MR) is 105 cm³/mol. The van der Waals surface area contributed by atoms with Gasteiger partial charge < -0.3 is 49.8 Å². The van der Waals surface area contributed by atoms with Gasteiger partial charge in [0, 0.05) is 32.6 Å². The summed E-state index contributed by atoms with van der Waals surface area (Å²) in [7, 11) is 0. The zero-order valence-corrected chi connectivity index (χ0v) is 17.7. The molecule has 0 saturated carbocycles. The minimum Gasteiger partial charge on any atom is -0.394 e. The molecule has 10 atom stereocenters. The SMILES string of the molecule is CC(=O)NCCCO[C@@H]1[C@@H](O)[C@@H]2C3O[C@H](CO)[C@@H](OCCC[C@H]1O[C@@H]2CO)[C@H](O)[C@H]3O. The van der Waals surface area contributed by atoms with Crippen LogP contribution in [0.1, 0.15) is 26.2 Å². The van der Waals surface area contributed by atoms with E-state index in [-0.39, 0.29) is 19.1 Å². The summed E-state index contributed by atoms with van der Waals surface area (Å²) in [5.74, 6) is -1.04. The quantitative estimate of drug-likeness (QED) is 0.225. The number of ether oxygens (including phenoxy) is 4. The third-order valence-corrected chi connectivity index (χ3v) is 6.29. The second kappa shape index (κ2) is 11.3. The molecule has 0 aliphatic carbocycles. The number of rotatable bonds is 7. The van der Waals surface area contributed by atoms with Gasteiger partial charge in [0.25, 0.3) is 0 Å². The normalized spacial score (nSPS) is 43.3. The Labute approximate surface area is 181 Å². The highest BCUT2D eigenvalue weighted by atomic mass is 16.6. The molecule has 6 heterocycles. The lowest BCUT2D eigenvalue weighted by Gasteiger charge is -2.52. The molecule has 11 nitrogen and oxygen atoms in total. The predicted octanol–water partition coefficient (Wildman–Crippen LogP) is -2.70. The topological polar surface area (TPSA) is 167 Å². The van der Waals surface area contributed by atoms with E-state index in [2.05, 4.69) is 5.32 Å². The van der Waals surface area contributed by atoms with E-state index in [0.717, 1.165) is 0 Å². The van der Waals surface area contributed by atoms with Gasteiger partial charge in [-0.25, -0.2) is 0 Å². The second-order valence-corrected chi connectivity index (χ2v) is 8.42. The first kappa shape index (κ1) is 24.7. The van der Waals surface area contributed by atoms with E-state index in [0.29, 0.717) is 25.8 Å². The van der Waals surface area contributed by atoms with Gasteiger partial charge in [-0.05, 0) is 19.3 Å². The van der Waals surface area contributed by atoms with Crippen molar-refractivity contribution >= 4 is 5.91 Å². The van der Waals surface area contributed by atoms with Crippen LogP contribution in [0.2, 0.25) is 0 Å². The van der Waals surface area contributed by atoms with Crippen molar-refractivity contribution in [2.75, 3.05) is 33.0 Å². The maximum absolute atomic E-state index is 11.2. The van der Waals surface area contributed by atoms with Gasteiger partial charge in [-0.15, -0.1) is 0 Å². The first-order chi connectivity index (χ1) is 14.9. The fourth-order valence-electron chi connectivity index (χ4n) is 4.76. The van der Waals surface area contributed by atoms with E-state index >= 15 is 0 Å². The number of hydrogen-bond acceptors (Lipinski definition) is 10. The smallest absolute Gasteiger partial charge is 0.216 e. The van der Waals surface area contributed by atoms with Gasteiger partial charge in [0.15, 0.2) is 0 Å². The number of carbonyl (C=O) groups is 1. The van der Waals surface area contributed by atoms with E-state index in [1.54, 1.807) is 0 Å². The second-order valence-electron chi connectivity index (χ2n) is 8.42. The maximum atomic E-state index is 11.2. The highest BCUT2D eigenvalue weighted by molar-refractivity contribution is 5.72. The molecule has 6 N–H and O–H groups in total. The fraction of sp³-hybridized carbons (Fsp3) is 0.950. The number of amides is 1. The molecule has 31 heavy (non-hydrogen) atoms. The summed E-state index contributed by atoms with van der Waals surface area (Å²) in [4.78, 5) is 11.0. The fourth-order valence-corrected chi connectivity index (χ4v) is 4.76. The van der Waals surface area contributed by atoms with E-state index in [1.807, 2.05) is 0 Å². The van der Waals surface area contributed by atoms with Gasteiger partial charge in [-0.1, -0.05) is 0 Å². The molecule has 6 saturated heterocycles. The molecule has 6 rings (SSSR count). The minimum absolute atomic E-state index is 0.141. The van der Waals surface area contributed by atoms with Gasteiger partial charge in [0.2, 0.25) is 5.91 Å². The van der Waals surface area contributed by atoms with Gasteiger partial charge in [-0.2, -0.15) is 0 Å². The molecule has 0 spiro atoms. The summed E-state index contributed by atoms with van der Waals surface area (Å²) in [6.07, 6.45) is -7.41. The Morgan fingerprint density at radius 1 is 1.03 bits per heavy atom. The molecule has 1 unspecified atom stereocenters. The van der Waals surface area contributed by atoms with E-state index < -0.39 is 74.1 Å². The summed E-state index contributed by atoms with van der Waals surface area (Å²) >= 11 is 0. The molecule has 6 aliphatic heterocycles. The monoisotopic (exact) mass is 449 g/mol. The Balaban J connectivity index is 1.81. The Morgan fingerprint density at radius 3 is 2.42 bits per heavy atom. The van der Waals surface area contributed by atoms with Crippen molar-refractivity contribution in [3.05, 3.63) is 0 Å². The Bertz CT molecular complexity index is 578. The lowest BCUT2D eigenvalue weighted by molar-refractivity contribution is -0.302. The first-order valence-electron chi connectivity index (χ1n) is 10.9. The highest BCUT2D eigenvalue weighted by Gasteiger charge is 2.55. The van der Waals surface area contributed by atoms with Crippen LogP contribution in [0, 0.1) is 5.92 Å². The Kier molecular flexibility index (Phi) is 9.02. The highest BCUT2D eigenvalue weighted by Crippen LogP contribution is 2.38. The summed E-state index contributed by atoms with van der Waals surface area (Å²) < 4.78 is 23.6. The van der Waals surface area contributed by atoms with Crippen LogP contribution in [-0.4, -0.2) is 119 Å². The van der Waals surface area contributed by atoms with Crippen molar-refractivity contribution < 1.29 is 49.3 Å². The molecule has 0 aromatic heterocycles. The van der Waals surface area contributed by atoms with E-state index in [1.165, 1.54) is 6.92 Å². The summed E-state index contributed by atoms with van der Waals surface area (Å²) in [6, 6.07) is 0. The lowest BCUT2D eigenvalue weighted by atomic mass is 9.77. The molecule has 0 aromatic carbocycles. The molecular formula is C20H35NO10. The van der Waals surface area contributed by atoms with Crippen LogP contribution >= 0.6 is 0 Å².